The number of nitrogens with zero attached hydrogens (tertiary/aromatic N) is 1. The molecule has 6 nitrogen and oxygen atoms in total. The lowest BCUT2D eigenvalue weighted by molar-refractivity contribution is 0.103. The molecule has 150 valence electrons. The second kappa shape index (κ2) is 9.19. The normalized spacial score (nSPS) is 10.6. The van der Waals surface area contributed by atoms with Crippen LogP contribution in [0.1, 0.15) is 46.2 Å². The highest BCUT2D eigenvalue weighted by Crippen LogP contribution is 2.35. The Hall–Kier alpha value is -3.41. The Morgan fingerprint density at radius 2 is 1.86 bits per heavy atom. The summed E-state index contributed by atoms with van der Waals surface area (Å²) >= 11 is 0. The summed E-state index contributed by atoms with van der Waals surface area (Å²) in [4.78, 5) is 29.0. The van der Waals surface area contributed by atoms with E-state index in [0.29, 0.717) is 45.8 Å². The second-order valence-electron chi connectivity index (χ2n) is 6.49. The summed E-state index contributed by atoms with van der Waals surface area (Å²) in [6.45, 7) is 2.61. The summed E-state index contributed by atoms with van der Waals surface area (Å²) in [7, 11) is 3.08. The lowest BCUT2D eigenvalue weighted by atomic mass is 9.99. The van der Waals surface area contributed by atoms with Gasteiger partial charge in [-0.25, -0.2) is 0 Å². The third-order valence-corrected chi connectivity index (χ3v) is 4.63. The van der Waals surface area contributed by atoms with Crippen molar-refractivity contribution in [2.45, 2.75) is 19.8 Å². The van der Waals surface area contributed by atoms with E-state index in [2.05, 4.69) is 11.9 Å². The number of pyridine rings is 1. The largest absolute Gasteiger partial charge is 0.497 e. The molecule has 0 saturated carbocycles. The number of unbranched alkanes of at least 4 members (excludes halogenated alkanes) is 1. The van der Waals surface area contributed by atoms with Crippen LogP contribution in [0, 0.1) is 0 Å². The Bertz CT molecular complexity index is 1040. The molecule has 3 aromatic rings. The van der Waals surface area contributed by atoms with E-state index in [1.165, 1.54) is 13.3 Å². The summed E-state index contributed by atoms with van der Waals surface area (Å²) in [5.41, 5.74) is 1.06. The molecule has 2 aromatic carbocycles. The van der Waals surface area contributed by atoms with Crippen LogP contribution >= 0.6 is 0 Å². The van der Waals surface area contributed by atoms with Gasteiger partial charge in [-0.3, -0.25) is 14.6 Å². The van der Waals surface area contributed by atoms with Crippen LogP contribution in [0.3, 0.4) is 0 Å². The first-order chi connectivity index (χ1) is 14.1. The molecule has 0 saturated heterocycles. The minimum absolute atomic E-state index is 0.234. The van der Waals surface area contributed by atoms with Crippen LogP contribution in [0.2, 0.25) is 0 Å². The maximum absolute atomic E-state index is 13.1. The standard InChI is InChI=1S/C23H23NO5/c1-4-5-9-29-21-11-18-16(14-25)13-24-22(19(18)12-20(21)28-3)23(26)15-7-6-8-17(10-15)27-2/h6-8,10-14H,4-5,9H2,1-3H3. The highest BCUT2D eigenvalue weighted by Gasteiger charge is 2.19. The molecule has 0 aliphatic rings. The Kier molecular flexibility index (Phi) is 6.44. The van der Waals surface area contributed by atoms with Gasteiger partial charge in [0, 0.05) is 22.7 Å². The van der Waals surface area contributed by atoms with E-state index in [0.717, 1.165) is 19.1 Å². The van der Waals surface area contributed by atoms with Crippen molar-refractivity contribution in [3.8, 4) is 17.2 Å². The topological polar surface area (TPSA) is 74.7 Å². The maximum Gasteiger partial charge on any atom is 0.212 e. The average Bonchev–Trinajstić information content (AvgIpc) is 2.77. The fraction of sp³-hybridized carbons (Fsp3) is 0.261. The summed E-state index contributed by atoms with van der Waals surface area (Å²) in [6, 6.07) is 10.3. The Morgan fingerprint density at radius 3 is 2.55 bits per heavy atom. The van der Waals surface area contributed by atoms with Crippen molar-refractivity contribution < 1.29 is 23.8 Å². The van der Waals surface area contributed by atoms with Crippen molar-refractivity contribution in [3.05, 3.63) is 59.4 Å². The van der Waals surface area contributed by atoms with Crippen molar-refractivity contribution in [2.75, 3.05) is 20.8 Å². The van der Waals surface area contributed by atoms with Crippen molar-refractivity contribution in [3.63, 3.8) is 0 Å². The zero-order valence-electron chi connectivity index (χ0n) is 16.7. The van der Waals surface area contributed by atoms with E-state index in [-0.39, 0.29) is 11.5 Å². The molecule has 6 heteroatoms. The Labute approximate surface area is 169 Å². The van der Waals surface area contributed by atoms with Crippen LogP contribution in [0.4, 0.5) is 0 Å². The van der Waals surface area contributed by atoms with Gasteiger partial charge in [0.05, 0.1) is 20.8 Å². The quantitative estimate of drug-likeness (QED) is 0.303. The van der Waals surface area contributed by atoms with Crippen LogP contribution in [0.25, 0.3) is 10.8 Å². The Balaban J connectivity index is 2.15. The van der Waals surface area contributed by atoms with E-state index in [9.17, 15) is 9.59 Å². The first-order valence-electron chi connectivity index (χ1n) is 9.40. The molecule has 0 amide bonds. The monoisotopic (exact) mass is 393 g/mol. The molecule has 0 spiro atoms. The number of rotatable bonds is 9. The van der Waals surface area contributed by atoms with Gasteiger partial charge in [0.15, 0.2) is 17.8 Å². The average molecular weight is 393 g/mol. The molecular weight excluding hydrogens is 370 g/mol. The van der Waals surface area contributed by atoms with Crippen molar-refractivity contribution in [1.82, 2.24) is 4.98 Å². The minimum Gasteiger partial charge on any atom is -0.497 e. The lowest BCUT2D eigenvalue weighted by Gasteiger charge is -2.14. The smallest absolute Gasteiger partial charge is 0.212 e. The number of aromatic nitrogens is 1. The van der Waals surface area contributed by atoms with Gasteiger partial charge in [0.1, 0.15) is 11.4 Å². The van der Waals surface area contributed by atoms with Gasteiger partial charge in [-0.05, 0) is 36.1 Å². The van der Waals surface area contributed by atoms with Crippen LogP contribution in [-0.2, 0) is 0 Å². The van der Waals surface area contributed by atoms with Gasteiger partial charge in [0.25, 0.3) is 0 Å². The number of hydrogen-bond donors (Lipinski definition) is 0. The molecule has 1 heterocycles. The van der Waals surface area contributed by atoms with Gasteiger partial charge in [-0.1, -0.05) is 25.5 Å². The lowest BCUT2D eigenvalue weighted by Crippen LogP contribution is -2.07. The molecule has 0 bridgehead atoms. The second-order valence-corrected chi connectivity index (χ2v) is 6.49. The summed E-state index contributed by atoms with van der Waals surface area (Å²) < 4.78 is 16.5. The van der Waals surface area contributed by atoms with Gasteiger partial charge >= 0.3 is 0 Å². The summed E-state index contributed by atoms with van der Waals surface area (Å²) in [6.07, 6.45) is 4.03. The van der Waals surface area contributed by atoms with Crippen LogP contribution < -0.4 is 14.2 Å². The highest BCUT2D eigenvalue weighted by molar-refractivity contribution is 6.17. The van der Waals surface area contributed by atoms with Crippen molar-refractivity contribution in [2.24, 2.45) is 0 Å². The number of ether oxygens (including phenoxy) is 3. The highest BCUT2D eigenvalue weighted by atomic mass is 16.5. The van der Waals surface area contributed by atoms with E-state index >= 15 is 0 Å². The molecule has 1 aromatic heterocycles. The molecule has 0 unspecified atom stereocenters. The fourth-order valence-electron chi connectivity index (χ4n) is 3.04. The molecule has 29 heavy (non-hydrogen) atoms. The molecule has 0 atom stereocenters. The zero-order chi connectivity index (χ0) is 20.8. The van der Waals surface area contributed by atoms with Crippen LogP contribution in [0.15, 0.2) is 42.6 Å². The SMILES string of the molecule is CCCCOc1cc2c(C=O)cnc(C(=O)c3cccc(OC)c3)c2cc1OC. The minimum atomic E-state index is -0.270. The zero-order valence-corrected chi connectivity index (χ0v) is 16.7. The van der Waals surface area contributed by atoms with Crippen LogP contribution in [0.5, 0.6) is 17.2 Å². The number of aldehydes is 1. The molecule has 3 rings (SSSR count). The summed E-state index contributed by atoms with van der Waals surface area (Å²) in [5, 5.41) is 1.12. The van der Waals surface area contributed by atoms with Gasteiger partial charge < -0.3 is 14.2 Å². The number of hydrogen-bond acceptors (Lipinski definition) is 6. The maximum atomic E-state index is 13.1. The number of ketones is 1. The number of fused-ring (bicyclic) bond motifs is 1. The number of carbonyl (C=O) groups is 2. The van der Waals surface area contributed by atoms with Crippen molar-refractivity contribution in [1.29, 1.82) is 0 Å². The van der Waals surface area contributed by atoms with Crippen LogP contribution in [-0.4, -0.2) is 37.9 Å². The summed E-state index contributed by atoms with van der Waals surface area (Å²) in [5.74, 6) is 1.32. The third kappa shape index (κ3) is 4.21. The predicted octanol–water partition coefficient (Wildman–Crippen LogP) is 4.47. The number of benzene rings is 2. The Morgan fingerprint density at radius 1 is 1.07 bits per heavy atom. The third-order valence-electron chi connectivity index (χ3n) is 4.63. The van der Waals surface area contributed by atoms with E-state index in [4.69, 9.17) is 14.2 Å². The molecule has 0 fully saturated rings. The fourth-order valence-corrected chi connectivity index (χ4v) is 3.04. The first-order valence-corrected chi connectivity index (χ1v) is 9.40. The van der Waals surface area contributed by atoms with E-state index < -0.39 is 0 Å². The van der Waals surface area contributed by atoms with Gasteiger partial charge in [0.2, 0.25) is 5.78 Å². The molecule has 0 radical (unpaired) electrons. The predicted molar refractivity (Wildman–Crippen MR) is 111 cm³/mol. The first kappa shape index (κ1) is 20.3. The molecule has 0 aliphatic carbocycles. The number of methoxy groups -OCH3 is 2. The van der Waals surface area contributed by atoms with Crippen molar-refractivity contribution >= 4 is 22.8 Å². The van der Waals surface area contributed by atoms with Gasteiger partial charge in [-0.2, -0.15) is 0 Å². The van der Waals surface area contributed by atoms with E-state index in [1.807, 2.05) is 0 Å². The molecule has 0 N–H and O–H groups in total. The van der Waals surface area contributed by atoms with Gasteiger partial charge in [-0.15, -0.1) is 0 Å². The van der Waals surface area contributed by atoms with E-state index in [1.54, 1.807) is 43.5 Å². The number of carbonyl (C=O) groups excluding carboxylic acids is 2. The molecular formula is C23H23NO5. The molecule has 0 aliphatic heterocycles.